The first kappa shape index (κ1) is 18.7. The van der Waals surface area contributed by atoms with Gasteiger partial charge in [0, 0.05) is 16.8 Å². The lowest BCUT2D eigenvalue weighted by Crippen LogP contribution is -2.16. The molecular weight excluding hydrogens is 362 g/mol. The van der Waals surface area contributed by atoms with E-state index in [1.807, 2.05) is 62.4 Å². The number of amides is 1. The Bertz CT molecular complexity index is 1270. The van der Waals surface area contributed by atoms with Crippen LogP contribution in [0.25, 0.3) is 22.3 Å². The summed E-state index contributed by atoms with van der Waals surface area (Å²) in [6, 6.07) is 20.4. The lowest BCUT2D eigenvalue weighted by molar-refractivity contribution is 0.102. The van der Waals surface area contributed by atoms with Gasteiger partial charge in [0.05, 0.1) is 10.9 Å². The largest absolute Gasteiger partial charge is 0.455 e. The van der Waals surface area contributed by atoms with Crippen LogP contribution in [0.3, 0.4) is 0 Å². The van der Waals surface area contributed by atoms with E-state index in [9.17, 15) is 9.59 Å². The molecule has 4 rings (SSSR count). The Morgan fingerprint density at radius 3 is 2.17 bits per heavy atom. The summed E-state index contributed by atoms with van der Waals surface area (Å²) in [5.41, 5.74) is 4.54. The highest BCUT2D eigenvalue weighted by Crippen LogP contribution is 2.28. The number of benzene rings is 3. The zero-order valence-electron chi connectivity index (χ0n) is 16.6. The smallest absolute Gasteiger partial charge is 0.259 e. The van der Waals surface area contributed by atoms with Crippen LogP contribution in [0.2, 0.25) is 0 Å². The lowest BCUT2D eigenvalue weighted by atomic mass is 10.0. The highest BCUT2D eigenvalue weighted by atomic mass is 16.3. The van der Waals surface area contributed by atoms with Crippen LogP contribution in [-0.4, -0.2) is 5.91 Å². The van der Waals surface area contributed by atoms with Crippen molar-refractivity contribution in [3.8, 4) is 11.3 Å². The second kappa shape index (κ2) is 7.40. The molecule has 0 spiro atoms. The Labute approximate surface area is 168 Å². The Hall–Kier alpha value is -3.66. The molecule has 0 saturated carbocycles. The van der Waals surface area contributed by atoms with E-state index in [4.69, 9.17) is 4.42 Å². The van der Waals surface area contributed by atoms with Crippen LogP contribution in [0.1, 0.15) is 27.0 Å². The molecule has 29 heavy (non-hydrogen) atoms. The number of hydrogen-bond acceptors (Lipinski definition) is 3. The molecule has 0 radical (unpaired) electrons. The number of para-hydroxylation sites is 2. The van der Waals surface area contributed by atoms with Gasteiger partial charge in [-0.25, -0.2) is 0 Å². The van der Waals surface area contributed by atoms with E-state index in [1.165, 1.54) is 0 Å². The number of carbonyl (C=O) groups excluding carboxylic acids is 1. The van der Waals surface area contributed by atoms with Gasteiger partial charge in [0.2, 0.25) is 0 Å². The Morgan fingerprint density at radius 2 is 1.48 bits per heavy atom. The highest BCUT2D eigenvalue weighted by molar-refractivity contribution is 6.12. The summed E-state index contributed by atoms with van der Waals surface area (Å²) in [4.78, 5) is 26.1. The molecule has 1 amide bonds. The van der Waals surface area contributed by atoms with Gasteiger partial charge in [-0.3, -0.25) is 9.59 Å². The predicted octanol–water partition coefficient (Wildman–Crippen LogP) is 5.64. The van der Waals surface area contributed by atoms with E-state index >= 15 is 0 Å². The summed E-state index contributed by atoms with van der Waals surface area (Å²) in [6.07, 6.45) is 0. The number of aryl methyl sites for hydroxylation is 2. The lowest BCUT2D eigenvalue weighted by Gasteiger charge is -2.13. The summed E-state index contributed by atoms with van der Waals surface area (Å²) in [7, 11) is 0. The van der Waals surface area contributed by atoms with Crippen LogP contribution in [-0.2, 0) is 0 Å². The second-order valence-electron chi connectivity index (χ2n) is 7.15. The molecule has 144 valence electrons. The van der Waals surface area contributed by atoms with Gasteiger partial charge in [-0.1, -0.05) is 54.6 Å². The first-order valence-corrected chi connectivity index (χ1v) is 9.47. The third kappa shape index (κ3) is 3.34. The van der Waals surface area contributed by atoms with Crippen molar-refractivity contribution in [3.05, 3.63) is 99.2 Å². The van der Waals surface area contributed by atoms with Crippen LogP contribution < -0.4 is 10.7 Å². The molecule has 0 bridgehead atoms. The van der Waals surface area contributed by atoms with Crippen LogP contribution in [0.4, 0.5) is 5.69 Å². The van der Waals surface area contributed by atoms with Gasteiger partial charge in [0.25, 0.3) is 5.91 Å². The van der Waals surface area contributed by atoms with Crippen LogP contribution in [0.5, 0.6) is 0 Å². The molecule has 1 aromatic heterocycles. The summed E-state index contributed by atoms with van der Waals surface area (Å²) >= 11 is 0. The first-order valence-electron chi connectivity index (χ1n) is 9.47. The highest BCUT2D eigenvalue weighted by Gasteiger charge is 2.19. The monoisotopic (exact) mass is 383 g/mol. The number of fused-ring (bicyclic) bond motifs is 1. The minimum atomic E-state index is -0.306. The van der Waals surface area contributed by atoms with Crippen LogP contribution in [0, 0.1) is 20.8 Å². The van der Waals surface area contributed by atoms with E-state index in [0.29, 0.717) is 27.9 Å². The maximum atomic E-state index is 13.1. The van der Waals surface area contributed by atoms with Gasteiger partial charge in [-0.15, -0.1) is 0 Å². The molecule has 4 aromatic rings. The summed E-state index contributed by atoms with van der Waals surface area (Å²) in [6.45, 7) is 5.64. The van der Waals surface area contributed by atoms with E-state index < -0.39 is 0 Å². The van der Waals surface area contributed by atoms with E-state index in [0.717, 1.165) is 22.4 Å². The molecule has 4 heteroatoms. The Morgan fingerprint density at radius 1 is 0.828 bits per heavy atom. The maximum Gasteiger partial charge on any atom is 0.259 e. The molecule has 1 N–H and O–H groups in total. The average molecular weight is 383 g/mol. The molecule has 0 aliphatic rings. The van der Waals surface area contributed by atoms with Gasteiger partial charge in [-0.2, -0.15) is 0 Å². The molecule has 3 aromatic carbocycles. The standard InChI is InChI=1S/C25H21NO3/c1-15-9-7-10-16(2)21(15)26-25(28)20-14-8-13-19-22(27)17(3)23(29-24(19)20)18-11-5-4-6-12-18/h4-14H,1-3H3,(H,26,28). The molecule has 0 fully saturated rings. The summed E-state index contributed by atoms with van der Waals surface area (Å²) in [5.74, 6) is 0.175. The number of anilines is 1. The molecular formula is C25H21NO3. The average Bonchev–Trinajstić information content (AvgIpc) is 2.73. The first-order chi connectivity index (χ1) is 14.0. The van der Waals surface area contributed by atoms with E-state index in [1.54, 1.807) is 25.1 Å². The van der Waals surface area contributed by atoms with Gasteiger partial charge >= 0.3 is 0 Å². The number of carbonyl (C=O) groups is 1. The minimum Gasteiger partial charge on any atom is -0.455 e. The van der Waals surface area contributed by atoms with Gasteiger partial charge in [0.1, 0.15) is 5.76 Å². The van der Waals surface area contributed by atoms with Crippen molar-refractivity contribution in [1.29, 1.82) is 0 Å². The number of nitrogens with one attached hydrogen (secondary N) is 1. The third-order valence-corrected chi connectivity index (χ3v) is 5.15. The fraction of sp³-hybridized carbons (Fsp3) is 0.120. The molecule has 0 unspecified atom stereocenters. The SMILES string of the molecule is Cc1cccc(C)c1NC(=O)c1cccc2c(=O)c(C)c(-c3ccccc3)oc12. The van der Waals surface area contributed by atoms with Gasteiger partial charge in [-0.05, 0) is 44.0 Å². The molecule has 0 aliphatic heterocycles. The van der Waals surface area contributed by atoms with Crippen molar-refractivity contribution in [3.63, 3.8) is 0 Å². The van der Waals surface area contributed by atoms with Crippen molar-refractivity contribution < 1.29 is 9.21 Å². The van der Waals surface area contributed by atoms with Crippen LogP contribution in [0.15, 0.2) is 75.9 Å². The van der Waals surface area contributed by atoms with Crippen molar-refractivity contribution in [2.75, 3.05) is 5.32 Å². The van der Waals surface area contributed by atoms with Crippen molar-refractivity contribution in [2.24, 2.45) is 0 Å². The molecule has 0 saturated heterocycles. The molecule has 1 heterocycles. The molecule has 0 aliphatic carbocycles. The zero-order valence-corrected chi connectivity index (χ0v) is 16.6. The zero-order chi connectivity index (χ0) is 20.5. The van der Waals surface area contributed by atoms with E-state index in [2.05, 4.69) is 5.32 Å². The topological polar surface area (TPSA) is 59.3 Å². The number of rotatable bonds is 3. The van der Waals surface area contributed by atoms with Crippen molar-refractivity contribution in [1.82, 2.24) is 0 Å². The predicted molar refractivity (Wildman–Crippen MR) is 117 cm³/mol. The summed E-state index contributed by atoms with van der Waals surface area (Å²) in [5, 5.41) is 3.38. The van der Waals surface area contributed by atoms with Crippen molar-refractivity contribution >= 4 is 22.6 Å². The van der Waals surface area contributed by atoms with Gasteiger partial charge in [0.15, 0.2) is 11.0 Å². The molecule has 4 nitrogen and oxygen atoms in total. The molecule has 0 atom stereocenters. The second-order valence-corrected chi connectivity index (χ2v) is 7.15. The third-order valence-electron chi connectivity index (χ3n) is 5.15. The Kier molecular flexibility index (Phi) is 4.77. The minimum absolute atomic E-state index is 0.133. The van der Waals surface area contributed by atoms with Crippen molar-refractivity contribution in [2.45, 2.75) is 20.8 Å². The van der Waals surface area contributed by atoms with E-state index in [-0.39, 0.29) is 11.3 Å². The maximum absolute atomic E-state index is 13.1. The summed E-state index contributed by atoms with van der Waals surface area (Å²) < 4.78 is 6.15. The van der Waals surface area contributed by atoms with Crippen LogP contribution >= 0.6 is 0 Å². The van der Waals surface area contributed by atoms with Gasteiger partial charge < -0.3 is 9.73 Å². The Balaban J connectivity index is 1.88. The fourth-order valence-corrected chi connectivity index (χ4v) is 3.55. The quantitative estimate of drug-likeness (QED) is 0.498. The fourth-order valence-electron chi connectivity index (χ4n) is 3.55. The normalized spacial score (nSPS) is 10.9. The number of hydrogen-bond donors (Lipinski definition) is 1.